The van der Waals surface area contributed by atoms with E-state index in [1.54, 1.807) is 16.9 Å². The van der Waals surface area contributed by atoms with Crippen LogP contribution in [-0.2, 0) is 5.54 Å². The summed E-state index contributed by atoms with van der Waals surface area (Å²) < 4.78 is 1.72. The Balaban J connectivity index is 1.87. The van der Waals surface area contributed by atoms with Crippen molar-refractivity contribution in [2.45, 2.75) is 26.3 Å². The second-order valence-corrected chi connectivity index (χ2v) is 6.92. The van der Waals surface area contributed by atoms with Crippen molar-refractivity contribution in [2.24, 2.45) is 0 Å². The third-order valence-corrected chi connectivity index (χ3v) is 4.46. The summed E-state index contributed by atoms with van der Waals surface area (Å²) in [5, 5.41) is 8.06. The Hall–Kier alpha value is -2.59. The Kier molecular flexibility index (Phi) is 4.64. The number of nitrogens with one attached hydrogen (secondary N) is 1. The molecule has 0 saturated carbocycles. The van der Waals surface area contributed by atoms with Gasteiger partial charge in [-0.1, -0.05) is 48.0 Å². The van der Waals surface area contributed by atoms with Crippen molar-refractivity contribution in [3.05, 3.63) is 82.6 Å². The van der Waals surface area contributed by atoms with Gasteiger partial charge < -0.3 is 5.32 Å². The summed E-state index contributed by atoms with van der Waals surface area (Å²) in [6.07, 6.45) is 1.59. The van der Waals surface area contributed by atoms with E-state index in [-0.39, 0.29) is 5.91 Å². The Morgan fingerprint density at radius 2 is 1.84 bits per heavy atom. The van der Waals surface area contributed by atoms with Crippen LogP contribution in [0.25, 0.3) is 5.69 Å². The number of carbonyl (C=O) groups is 1. The highest BCUT2D eigenvalue weighted by Crippen LogP contribution is 2.22. The molecule has 0 spiro atoms. The van der Waals surface area contributed by atoms with Crippen LogP contribution in [0.15, 0.2) is 60.8 Å². The number of rotatable bonds is 4. The van der Waals surface area contributed by atoms with Crippen molar-refractivity contribution in [1.29, 1.82) is 0 Å². The number of hydrogen-bond donors (Lipinski definition) is 1. The molecule has 128 valence electrons. The number of nitrogens with zero attached hydrogens (tertiary/aromatic N) is 2. The fourth-order valence-corrected chi connectivity index (χ4v) is 2.96. The first kappa shape index (κ1) is 17.2. The van der Waals surface area contributed by atoms with Gasteiger partial charge in [-0.05, 0) is 44.5 Å². The number of halogens is 1. The van der Waals surface area contributed by atoms with Gasteiger partial charge in [0.1, 0.15) is 0 Å². The van der Waals surface area contributed by atoms with Crippen LogP contribution in [0.1, 0.15) is 35.5 Å². The van der Waals surface area contributed by atoms with Crippen molar-refractivity contribution in [3.63, 3.8) is 0 Å². The Labute approximate surface area is 152 Å². The van der Waals surface area contributed by atoms with E-state index >= 15 is 0 Å². The largest absolute Gasteiger partial charge is 0.343 e. The molecule has 0 radical (unpaired) electrons. The first-order valence-corrected chi connectivity index (χ1v) is 8.45. The SMILES string of the molecule is Cc1c(C(=O)NC(C)(C)c2ccccc2)cnn1-c1cccc(Cl)c1. The molecule has 0 aliphatic carbocycles. The molecule has 5 heteroatoms. The highest BCUT2D eigenvalue weighted by atomic mass is 35.5. The second kappa shape index (κ2) is 6.73. The minimum absolute atomic E-state index is 0.153. The lowest BCUT2D eigenvalue weighted by Crippen LogP contribution is -2.41. The number of aromatic nitrogens is 2. The molecule has 0 aliphatic heterocycles. The number of benzene rings is 2. The molecule has 0 fully saturated rings. The van der Waals surface area contributed by atoms with Crippen LogP contribution in [0, 0.1) is 6.92 Å². The Morgan fingerprint density at radius 3 is 2.52 bits per heavy atom. The van der Waals surface area contributed by atoms with Gasteiger partial charge >= 0.3 is 0 Å². The molecule has 1 aromatic heterocycles. The lowest BCUT2D eigenvalue weighted by atomic mass is 9.94. The molecule has 0 atom stereocenters. The zero-order valence-corrected chi connectivity index (χ0v) is 15.2. The maximum absolute atomic E-state index is 12.8. The quantitative estimate of drug-likeness (QED) is 0.750. The molecule has 0 aliphatic rings. The van der Waals surface area contributed by atoms with E-state index in [2.05, 4.69) is 10.4 Å². The molecule has 1 heterocycles. The molecule has 0 saturated heterocycles. The minimum atomic E-state index is -0.483. The summed E-state index contributed by atoms with van der Waals surface area (Å²) in [5.41, 5.74) is 2.70. The van der Waals surface area contributed by atoms with Crippen molar-refractivity contribution >= 4 is 17.5 Å². The van der Waals surface area contributed by atoms with Crippen molar-refractivity contribution < 1.29 is 4.79 Å². The van der Waals surface area contributed by atoms with E-state index < -0.39 is 5.54 Å². The first-order valence-electron chi connectivity index (χ1n) is 8.07. The average molecular weight is 354 g/mol. The molecule has 4 nitrogen and oxygen atoms in total. The predicted molar refractivity (Wildman–Crippen MR) is 100 cm³/mol. The van der Waals surface area contributed by atoms with E-state index in [9.17, 15) is 4.79 Å². The third-order valence-electron chi connectivity index (χ3n) is 4.23. The zero-order valence-electron chi connectivity index (χ0n) is 14.5. The molecular weight excluding hydrogens is 334 g/mol. The summed E-state index contributed by atoms with van der Waals surface area (Å²) in [7, 11) is 0. The number of amides is 1. The number of carbonyl (C=O) groups excluding carboxylic acids is 1. The summed E-state index contributed by atoms with van der Waals surface area (Å²) in [6.45, 7) is 5.84. The lowest BCUT2D eigenvalue weighted by Gasteiger charge is -2.26. The average Bonchev–Trinajstić information content (AvgIpc) is 2.97. The van der Waals surface area contributed by atoms with Crippen molar-refractivity contribution in [2.75, 3.05) is 0 Å². The number of hydrogen-bond acceptors (Lipinski definition) is 2. The van der Waals surface area contributed by atoms with Crippen LogP contribution in [-0.4, -0.2) is 15.7 Å². The van der Waals surface area contributed by atoms with Gasteiger partial charge in [-0.15, -0.1) is 0 Å². The molecule has 0 bridgehead atoms. The second-order valence-electron chi connectivity index (χ2n) is 6.48. The van der Waals surface area contributed by atoms with E-state index in [0.29, 0.717) is 10.6 Å². The van der Waals surface area contributed by atoms with Gasteiger partial charge in [-0.2, -0.15) is 5.10 Å². The summed E-state index contributed by atoms with van der Waals surface area (Å²) >= 11 is 6.05. The molecule has 1 amide bonds. The fraction of sp³-hybridized carbons (Fsp3) is 0.200. The predicted octanol–water partition coefficient (Wildman–Crippen LogP) is 4.50. The molecule has 3 rings (SSSR count). The normalized spacial score (nSPS) is 11.4. The van der Waals surface area contributed by atoms with Gasteiger partial charge in [-0.3, -0.25) is 4.79 Å². The Morgan fingerprint density at radius 1 is 1.12 bits per heavy atom. The van der Waals surface area contributed by atoms with Gasteiger partial charge in [0.2, 0.25) is 0 Å². The standard InChI is InChI=1S/C20H20ClN3O/c1-14-18(13-22-24(14)17-11-7-10-16(21)12-17)19(25)23-20(2,3)15-8-5-4-6-9-15/h4-13H,1-3H3,(H,23,25). The zero-order chi connectivity index (χ0) is 18.0. The fourth-order valence-electron chi connectivity index (χ4n) is 2.78. The van der Waals surface area contributed by atoms with Crippen LogP contribution < -0.4 is 5.32 Å². The maximum atomic E-state index is 12.8. The van der Waals surface area contributed by atoms with Gasteiger partial charge in [-0.25, -0.2) is 4.68 Å². The van der Waals surface area contributed by atoms with E-state index in [4.69, 9.17) is 11.6 Å². The monoisotopic (exact) mass is 353 g/mol. The van der Waals surface area contributed by atoms with Crippen molar-refractivity contribution in [1.82, 2.24) is 15.1 Å². The molecule has 3 aromatic rings. The molecule has 2 aromatic carbocycles. The van der Waals surface area contributed by atoms with Gasteiger partial charge in [0, 0.05) is 5.02 Å². The highest BCUT2D eigenvalue weighted by molar-refractivity contribution is 6.30. The van der Waals surface area contributed by atoms with Gasteiger partial charge in [0.05, 0.1) is 28.7 Å². The van der Waals surface area contributed by atoms with E-state index in [0.717, 1.165) is 16.9 Å². The first-order chi connectivity index (χ1) is 11.9. The topological polar surface area (TPSA) is 46.9 Å². The minimum Gasteiger partial charge on any atom is -0.343 e. The van der Waals surface area contributed by atoms with Crippen LogP contribution in [0.2, 0.25) is 5.02 Å². The highest BCUT2D eigenvalue weighted by Gasteiger charge is 2.25. The molecular formula is C20H20ClN3O. The summed E-state index contributed by atoms with van der Waals surface area (Å²) in [5.74, 6) is -0.153. The third kappa shape index (κ3) is 3.59. The van der Waals surface area contributed by atoms with Gasteiger partial charge in [0.25, 0.3) is 5.91 Å². The summed E-state index contributed by atoms with van der Waals surface area (Å²) in [6, 6.07) is 17.3. The smallest absolute Gasteiger partial charge is 0.255 e. The molecule has 0 unspecified atom stereocenters. The molecule has 25 heavy (non-hydrogen) atoms. The summed E-state index contributed by atoms with van der Waals surface area (Å²) in [4.78, 5) is 12.8. The maximum Gasteiger partial charge on any atom is 0.255 e. The van der Waals surface area contributed by atoms with Crippen LogP contribution >= 0.6 is 11.6 Å². The van der Waals surface area contributed by atoms with Crippen LogP contribution in [0.5, 0.6) is 0 Å². The van der Waals surface area contributed by atoms with E-state index in [1.165, 1.54) is 0 Å². The van der Waals surface area contributed by atoms with E-state index in [1.807, 2.05) is 69.3 Å². The van der Waals surface area contributed by atoms with Crippen LogP contribution in [0.3, 0.4) is 0 Å². The van der Waals surface area contributed by atoms with Crippen molar-refractivity contribution in [3.8, 4) is 5.69 Å². The lowest BCUT2D eigenvalue weighted by molar-refractivity contribution is 0.0911. The molecule has 1 N–H and O–H groups in total. The Bertz CT molecular complexity index is 900. The van der Waals surface area contributed by atoms with Gasteiger partial charge in [0.15, 0.2) is 0 Å². The van der Waals surface area contributed by atoms with Crippen LogP contribution in [0.4, 0.5) is 0 Å².